The number of fused-ring (bicyclic) bond motifs is 1. The minimum atomic E-state index is -1.19. The lowest BCUT2D eigenvalue weighted by Gasteiger charge is -2.13. The van der Waals surface area contributed by atoms with Crippen LogP contribution in [0.2, 0.25) is 0 Å². The first-order valence-corrected chi connectivity index (χ1v) is 7.25. The molecule has 0 aromatic heterocycles. The molecule has 3 aromatic carbocycles. The van der Waals surface area contributed by atoms with Gasteiger partial charge in [0.15, 0.2) is 11.6 Å². The largest absolute Gasteiger partial charge is 0.207 e. The highest BCUT2D eigenvalue weighted by atomic mass is 79.9. The van der Waals surface area contributed by atoms with Gasteiger partial charge in [-0.2, -0.15) is 0 Å². The van der Waals surface area contributed by atoms with Crippen LogP contribution < -0.4 is 0 Å². The van der Waals surface area contributed by atoms with E-state index < -0.39 is 22.3 Å². The fourth-order valence-electron chi connectivity index (χ4n) is 2.28. The van der Waals surface area contributed by atoms with Crippen molar-refractivity contribution in [2.24, 2.45) is 0 Å². The van der Waals surface area contributed by atoms with E-state index in [0.717, 1.165) is 22.4 Å². The van der Waals surface area contributed by atoms with Crippen LogP contribution >= 0.6 is 15.9 Å². The molecule has 21 heavy (non-hydrogen) atoms. The van der Waals surface area contributed by atoms with E-state index in [0.29, 0.717) is 6.07 Å². The van der Waals surface area contributed by atoms with Gasteiger partial charge in [-0.15, -0.1) is 0 Å². The monoisotopic (exact) mass is 350 g/mol. The Labute approximate surface area is 128 Å². The predicted molar refractivity (Wildman–Crippen MR) is 81.0 cm³/mol. The summed E-state index contributed by atoms with van der Waals surface area (Å²) < 4.78 is 40.2. The van der Waals surface area contributed by atoms with Gasteiger partial charge in [-0.05, 0) is 28.5 Å². The third-order valence-corrected chi connectivity index (χ3v) is 4.40. The van der Waals surface area contributed by atoms with E-state index in [1.807, 2.05) is 42.5 Å². The Bertz CT molecular complexity index is 814. The Morgan fingerprint density at radius 3 is 2.14 bits per heavy atom. The molecule has 0 nitrogen and oxygen atoms in total. The van der Waals surface area contributed by atoms with E-state index in [2.05, 4.69) is 15.9 Å². The van der Waals surface area contributed by atoms with Crippen LogP contribution in [0.25, 0.3) is 10.8 Å². The van der Waals surface area contributed by atoms with Crippen molar-refractivity contribution < 1.29 is 13.2 Å². The van der Waals surface area contributed by atoms with Crippen molar-refractivity contribution in [1.82, 2.24) is 0 Å². The summed E-state index contributed by atoms with van der Waals surface area (Å²) in [5.41, 5.74) is 0.850. The highest BCUT2D eigenvalue weighted by Crippen LogP contribution is 2.34. The summed E-state index contributed by atoms with van der Waals surface area (Å²) in [6.45, 7) is 0. The minimum absolute atomic E-state index is 0.0733. The molecular formula is C17H10BrF3. The Morgan fingerprint density at radius 2 is 1.38 bits per heavy atom. The number of hydrogen-bond acceptors (Lipinski definition) is 0. The van der Waals surface area contributed by atoms with Crippen molar-refractivity contribution in [2.45, 2.75) is 4.83 Å². The lowest BCUT2D eigenvalue weighted by Crippen LogP contribution is -2.00. The molecule has 3 aromatic rings. The van der Waals surface area contributed by atoms with Crippen LogP contribution in [0.3, 0.4) is 0 Å². The molecule has 1 unspecified atom stereocenters. The van der Waals surface area contributed by atoms with Crippen LogP contribution in [-0.4, -0.2) is 0 Å². The zero-order valence-electron chi connectivity index (χ0n) is 10.8. The third kappa shape index (κ3) is 2.68. The highest BCUT2D eigenvalue weighted by molar-refractivity contribution is 9.09. The van der Waals surface area contributed by atoms with Gasteiger partial charge >= 0.3 is 0 Å². The quantitative estimate of drug-likeness (QED) is 0.408. The highest BCUT2D eigenvalue weighted by Gasteiger charge is 2.18. The zero-order valence-corrected chi connectivity index (χ0v) is 12.4. The molecule has 0 N–H and O–H groups in total. The Kier molecular flexibility index (Phi) is 3.72. The average molecular weight is 351 g/mol. The Balaban J connectivity index is 2.07. The number of alkyl halides is 1. The van der Waals surface area contributed by atoms with E-state index in [4.69, 9.17) is 0 Å². The van der Waals surface area contributed by atoms with Gasteiger partial charge in [0.2, 0.25) is 0 Å². The molecule has 3 rings (SSSR count). The van der Waals surface area contributed by atoms with Crippen LogP contribution in [0.5, 0.6) is 0 Å². The van der Waals surface area contributed by atoms with Crippen molar-refractivity contribution >= 4 is 26.7 Å². The molecule has 0 spiro atoms. The van der Waals surface area contributed by atoms with Gasteiger partial charge in [0, 0.05) is 11.6 Å². The smallest absolute Gasteiger partial charge is 0.161 e. The predicted octanol–water partition coefficient (Wildman–Crippen LogP) is 5.74. The standard InChI is InChI=1S/C17H10BrF3/c18-17(13-8-15(20)16(21)9-14(13)19)12-6-5-10-3-1-2-4-11(10)7-12/h1-9,17H. The molecule has 0 radical (unpaired) electrons. The molecule has 106 valence electrons. The second-order valence-electron chi connectivity index (χ2n) is 4.76. The van der Waals surface area contributed by atoms with Crippen molar-refractivity contribution in [1.29, 1.82) is 0 Å². The topological polar surface area (TPSA) is 0 Å². The Hall–Kier alpha value is -1.81. The van der Waals surface area contributed by atoms with Crippen LogP contribution in [-0.2, 0) is 0 Å². The summed E-state index contributed by atoms with van der Waals surface area (Å²) >= 11 is 3.36. The summed E-state index contributed by atoms with van der Waals surface area (Å²) in [5.74, 6) is -3.02. The summed E-state index contributed by atoms with van der Waals surface area (Å²) in [4.78, 5) is -0.544. The summed E-state index contributed by atoms with van der Waals surface area (Å²) in [6, 6.07) is 14.9. The lowest BCUT2D eigenvalue weighted by molar-refractivity contribution is 0.491. The van der Waals surface area contributed by atoms with Gasteiger partial charge in [0.25, 0.3) is 0 Å². The van der Waals surface area contributed by atoms with Crippen molar-refractivity contribution in [3.63, 3.8) is 0 Å². The molecule has 0 heterocycles. The fraction of sp³-hybridized carbons (Fsp3) is 0.0588. The lowest BCUT2D eigenvalue weighted by atomic mass is 10.0. The molecule has 0 saturated carbocycles. The molecule has 0 bridgehead atoms. The second kappa shape index (κ2) is 5.53. The van der Waals surface area contributed by atoms with Crippen molar-refractivity contribution in [3.8, 4) is 0 Å². The molecule has 0 aliphatic heterocycles. The van der Waals surface area contributed by atoms with E-state index >= 15 is 0 Å². The number of halogens is 4. The SMILES string of the molecule is Fc1cc(F)c(C(Br)c2ccc3ccccc3c2)cc1F. The number of hydrogen-bond donors (Lipinski definition) is 0. The van der Waals surface area contributed by atoms with Crippen molar-refractivity contribution in [2.75, 3.05) is 0 Å². The zero-order chi connectivity index (χ0) is 15.0. The van der Waals surface area contributed by atoms with Crippen LogP contribution in [0, 0.1) is 17.5 Å². The minimum Gasteiger partial charge on any atom is -0.207 e. The van der Waals surface area contributed by atoms with E-state index in [-0.39, 0.29) is 5.56 Å². The van der Waals surface area contributed by atoms with E-state index in [9.17, 15) is 13.2 Å². The van der Waals surface area contributed by atoms with Gasteiger partial charge in [0.1, 0.15) is 5.82 Å². The van der Waals surface area contributed by atoms with Gasteiger partial charge in [-0.3, -0.25) is 0 Å². The first kappa shape index (κ1) is 14.1. The van der Waals surface area contributed by atoms with Crippen molar-refractivity contribution in [3.05, 3.63) is 83.2 Å². The first-order chi connectivity index (χ1) is 10.1. The molecule has 0 fully saturated rings. The first-order valence-electron chi connectivity index (χ1n) is 6.33. The maximum atomic E-state index is 13.8. The van der Waals surface area contributed by atoms with E-state index in [1.54, 1.807) is 0 Å². The van der Waals surface area contributed by atoms with E-state index in [1.165, 1.54) is 0 Å². The molecule has 0 saturated heterocycles. The number of rotatable bonds is 2. The normalized spacial score (nSPS) is 12.6. The molecule has 1 atom stereocenters. The summed E-state index contributed by atoms with van der Waals surface area (Å²) in [5, 5.41) is 2.06. The van der Waals surface area contributed by atoms with Gasteiger partial charge in [0.05, 0.1) is 4.83 Å². The molecule has 0 aliphatic carbocycles. The molecule has 0 amide bonds. The van der Waals surface area contributed by atoms with Gasteiger partial charge < -0.3 is 0 Å². The summed E-state index contributed by atoms with van der Waals surface area (Å²) in [7, 11) is 0. The number of benzene rings is 3. The van der Waals surface area contributed by atoms with Crippen LogP contribution in [0.4, 0.5) is 13.2 Å². The molecule has 4 heteroatoms. The maximum absolute atomic E-state index is 13.8. The summed E-state index contributed by atoms with van der Waals surface area (Å²) in [6.07, 6.45) is 0. The molecular weight excluding hydrogens is 341 g/mol. The maximum Gasteiger partial charge on any atom is 0.161 e. The second-order valence-corrected chi connectivity index (χ2v) is 5.67. The van der Waals surface area contributed by atoms with Gasteiger partial charge in [-0.1, -0.05) is 52.3 Å². The van der Waals surface area contributed by atoms with Crippen LogP contribution in [0.1, 0.15) is 16.0 Å². The van der Waals surface area contributed by atoms with Crippen LogP contribution in [0.15, 0.2) is 54.6 Å². The Morgan fingerprint density at radius 1 is 0.714 bits per heavy atom. The third-order valence-electron chi connectivity index (χ3n) is 3.38. The fourth-order valence-corrected chi connectivity index (χ4v) is 2.91. The molecule has 0 aliphatic rings. The van der Waals surface area contributed by atoms with Gasteiger partial charge in [-0.25, -0.2) is 13.2 Å². The average Bonchev–Trinajstić information content (AvgIpc) is 2.50.